The van der Waals surface area contributed by atoms with Crippen LogP contribution in [-0.4, -0.2) is 31.6 Å². The largest absolute Gasteiger partial charge is 0.496 e. The lowest BCUT2D eigenvalue weighted by molar-refractivity contribution is -0.123. The van der Waals surface area contributed by atoms with Crippen molar-refractivity contribution >= 4 is 28.7 Å². The highest BCUT2D eigenvalue weighted by molar-refractivity contribution is 6.00. The highest BCUT2D eigenvalue weighted by Gasteiger charge is 2.17. The summed E-state index contributed by atoms with van der Waals surface area (Å²) < 4.78 is 15.3. The van der Waals surface area contributed by atoms with Crippen LogP contribution in [0.1, 0.15) is 16.1 Å². The van der Waals surface area contributed by atoms with Gasteiger partial charge in [-0.3, -0.25) is 10.1 Å². The van der Waals surface area contributed by atoms with E-state index in [0.29, 0.717) is 11.5 Å². The predicted octanol–water partition coefficient (Wildman–Crippen LogP) is 2.62. The van der Waals surface area contributed by atoms with Crippen LogP contribution in [0.2, 0.25) is 0 Å². The van der Waals surface area contributed by atoms with Crippen LogP contribution in [0.3, 0.4) is 0 Å². The maximum absolute atomic E-state index is 12.3. The van der Waals surface area contributed by atoms with Gasteiger partial charge in [0.15, 0.2) is 6.61 Å². The number of urea groups is 1. The summed E-state index contributed by atoms with van der Waals surface area (Å²) >= 11 is 0. The standard InChI is InChI=1S/C20H18N2O6/c1-26-17-10-14-6-3-2-5-13(14)9-16(17)19(24)28-12-18(23)22-20(25)21-11-15-7-4-8-27-15/h2-10H,11-12H2,1H3,(H2,21,22,23,25). The van der Waals surface area contributed by atoms with Crippen molar-refractivity contribution in [3.8, 4) is 5.75 Å². The van der Waals surface area contributed by atoms with Crippen LogP contribution in [0.25, 0.3) is 10.8 Å². The summed E-state index contributed by atoms with van der Waals surface area (Å²) in [5.41, 5.74) is 0.191. The van der Waals surface area contributed by atoms with Gasteiger partial charge in [0.2, 0.25) is 0 Å². The van der Waals surface area contributed by atoms with Gasteiger partial charge in [-0.15, -0.1) is 0 Å². The molecule has 3 amide bonds. The minimum atomic E-state index is -0.759. The molecular weight excluding hydrogens is 364 g/mol. The molecule has 3 aromatic rings. The SMILES string of the molecule is COc1cc2ccccc2cc1C(=O)OCC(=O)NC(=O)NCc1ccco1. The molecule has 0 aliphatic heterocycles. The summed E-state index contributed by atoms with van der Waals surface area (Å²) in [7, 11) is 1.44. The number of ether oxygens (including phenoxy) is 2. The molecule has 0 spiro atoms. The van der Waals surface area contributed by atoms with Crippen molar-refractivity contribution in [3.63, 3.8) is 0 Å². The summed E-state index contributed by atoms with van der Waals surface area (Å²) in [6, 6.07) is 13.4. The van der Waals surface area contributed by atoms with Gasteiger partial charge in [0.05, 0.1) is 19.9 Å². The Labute approximate surface area is 160 Å². The van der Waals surface area contributed by atoms with Crippen molar-refractivity contribution < 1.29 is 28.3 Å². The number of esters is 1. The van der Waals surface area contributed by atoms with Crippen molar-refractivity contribution in [2.75, 3.05) is 13.7 Å². The van der Waals surface area contributed by atoms with Crippen LogP contribution >= 0.6 is 0 Å². The van der Waals surface area contributed by atoms with Crippen LogP contribution in [0, 0.1) is 0 Å². The van der Waals surface area contributed by atoms with Gasteiger partial charge in [0, 0.05) is 0 Å². The van der Waals surface area contributed by atoms with E-state index in [0.717, 1.165) is 10.8 Å². The second-order valence-electron chi connectivity index (χ2n) is 5.79. The number of furan rings is 1. The van der Waals surface area contributed by atoms with Crippen molar-refractivity contribution in [1.82, 2.24) is 10.6 Å². The third-order valence-electron chi connectivity index (χ3n) is 3.88. The molecule has 0 fully saturated rings. The predicted molar refractivity (Wildman–Crippen MR) is 99.9 cm³/mol. The number of amides is 3. The molecule has 0 aliphatic rings. The Bertz CT molecular complexity index is 997. The van der Waals surface area contributed by atoms with E-state index >= 15 is 0 Å². The average molecular weight is 382 g/mol. The smallest absolute Gasteiger partial charge is 0.342 e. The highest BCUT2D eigenvalue weighted by Crippen LogP contribution is 2.26. The number of hydrogen-bond donors (Lipinski definition) is 2. The van der Waals surface area contributed by atoms with E-state index in [1.54, 1.807) is 24.3 Å². The lowest BCUT2D eigenvalue weighted by atomic mass is 10.1. The summed E-state index contributed by atoms with van der Waals surface area (Å²) in [5, 5.41) is 6.25. The second kappa shape index (κ2) is 8.72. The first-order valence-electron chi connectivity index (χ1n) is 8.41. The number of hydrogen-bond acceptors (Lipinski definition) is 6. The Morgan fingerprint density at radius 2 is 1.79 bits per heavy atom. The van der Waals surface area contributed by atoms with Crippen LogP contribution < -0.4 is 15.4 Å². The number of benzene rings is 2. The average Bonchev–Trinajstić information content (AvgIpc) is 3.23. The fraction of sp³-hybridized carbons (Fsp3) is 0.150. The number of rotatable bonds is 6. The minimum absolute atomic E-state index is 0.125. The van der Waals surface area contributed by atoms with Crippen LogP contribution in [0.4, 0.5) is 4.79 Å². The molecule has 28 heavy (non-hydrogen) atoms. The molecule has 1 aromatic heterocycles. The quantitative estimate of drug-likeness (QED) is 0.635. The van der Waals surface area contributed by atoms with Crippen molar-refractivity contribution in [1.29, 1.82) is 0 Å². The number of methoxy groups -OCH3 is 1. The first kappa shape index (κ1) is 19.0. The van der Waals surface area contributed by atoms with Crippen LogP contribution in [-0.2, 0) is 16.1 Å². The van der Waals surface area contributed by atoms with E-state index < -0.39 is 24.5 Å². The lowest BCUT2D eigenvalue weighted by Gasteiger charge is -2.10. The van der Waals surface area contributed by atoms with Gasteiger partial charge in [-0.2, -0.15) is 0 Å². The molecular formula is C20H18N2O6. The Balaban J connectivity index is 1.55. The third kappa shape index (κ3) is 4.67. The summed E-state index contributed by atoms with van der Waals surface area (Å²) in [6.45, 7) is -0.483. The molecule has 0 saturated carbocycles. The van der Waals surface area contributed by atoms with Gasteiger partial charge in [-0.1, -0.05) is 24.3 Å². The van der Waals surface area contributed by atoms with E-state index in [1.807, 2.05) is 24.3 Å². The van der Waals surface area contributed by atoms with E-state index in [-0.39, 0.29) is 12.1 Å². The van der Waals surface area contributed by atoms with Gasteiger partial charge in [0.1, 0.15) is 17.1 Å². The normalized spacial score (nSPS) is 10.3. The Morgan fingerprint density at radius 3 is 2.46 bits per heavy atom. The Morgan fingerprint density at radius 1 is 1.04 bits per heavy atom. The number of carbonyl (C=O) groups excluding carboxylic acids is 3. The number of carbonyl (C=O) groups is 3. The maximum Gasteiger partial charge on any atom is 0.342 e. The Hall–Kier alpha value is -3.81. The number of fused-ring (bicyclic) bond motifs is 1. The highest BCUT2D eigenvalue weighted by atomic mass is 16.5. The van der Waals surface area contributed by atoms with Crippen LogP contribution in [0.5, 0.6) is 5.75 Å². The number of imide groups is 1. The summed E-state index contributed by atoms with van der Waals surface area (Å²) in [5.74, 6) is -0.614. The molecule has 8 heteroatoms. The molecule has 2 aromatic carbocycles. The maximum atomic E-state index is 12.3. The molecule has 8 nitrogen and oxygen atoms in total. The zero-order valence-corrected chi connectivity index (χ0v) is 15.1. The zero-order chi connectivity index (χ0) is 19.9. The molecule has 3 rings (SSSR count). The Kier molecular flexibility index (Phi) is 5.91. The van der Waals surface area contributed by atoms with Crippen molar-refractivity contribution in [2.24, 2.45) is 0 Å². The lowest BCUT2D eigenvalue weighted by Crippen LogP contribution is -2.41. The fourth-order valence-electron chi connectivity index (χ4n) is 2.54. The topological polar surface area (TPSA) is 107 Å². The van der Waals surface area contributed by atoms with Gasteiger partial charge in [0.25, 0.3) is 5.91 Å². The first-order valence-corrected chi connectivity index (χ1v) is 8.41. The van der Waals surface area contributed by atoms with E-state index in [4.69, 9.17) is 13.9 Å². The summed E-state index contributed by atoms with van der Waals surface area (Å²) in [6.07, 6.45) is 1.47. The molecule has 0 atom stereocenters. The van der Waals surface area contributed by atoms with Gasteiger partial charge in [-0.05, 0) is 35.0 Å². The molecule has 0 unspecified atom stereocenters. The zero-order valence-electron chi connectivity index (χ0n) is 15.1. The van der Waals surface area contributed by atoms with E-state index in [9.17, 15) is 14.4 Å². The van der Waals surface area contributed by atoms with Crippen molar-refractivity contribution in [3.05, 3.63) is 66.1 Å². The molecule has 0 radical (unpaired) electrons. The van der Waals surface area contributed by atoms with Crippen molar-refractivity contribution in [2.45, 2.75) is 6.54 Å². The summed E-state index contributed by atoms with van der Waals surface area (Å²) in [4.78, 5) is 35.8. The molecule has 1 heterocycles. The van der Waals surface area contributed by atoms with E-state index in [2.05, 4.69) is 10.6 Å². The fourth-order valence-corrected chi connectivity index (χ4v) is 2.54. The third-order valence-corrected chi connectivity index (χ3v) is 3.88. The van der Waals surface area contributed by atoms with Gasteiger partial charge >= 0.3 is 12.0 Å². The molecule has 2 N–H and O–H groups in total. The molecule has 144 valence electrons. The minimum Gasteiger partial charge on any atom is -0.496 e. The second-order valence-corrected chi connectivity index (χ2v) is 5.79. The molecule has 0 bridgehead atoms. The monoisotopic (exact) mass is 382 g/mol. The van der Waals surface area contributed by atoms with Gasteiger partial charge < -0.3 is 19.2 Å². The van der Waals surface area contributed by atoms with E-state index in [1.165, 1.54) is 13.4 Å². The van der Waals surface area contributed by atoms with Gasteiger partial charge in [-0.25, -0.2) is 9.59 Å². The van der Waals surface area contributed by atoms with Crippen LogP contribution in [0.15, 0.2) is 59.2 Å². The molecule has 0 aliphatic carbocycles. The molecule has 0 saturated heterocycles. The number of nitrogens with one attached hydrogen (secondary N) is 2. The first-order chi connectivity index (χ1) is 13.6.